The molecule has 0 N–H and O–H groups in total. The second kappa shape index (κ2) is 5.20. The molecule has 0 aromatic carbocycles. The van der Waals surface area contributed by atoms with E-state index in [1.54, 1.807) is 0 Å². The minimum Gasteiger partial charge on any atom is -0.339 e. The van der Waals surface area contributed by atoms with Crippen molar-refractivity contribution < 1.29 is 9.13 Å². The Labute approximate surface area is 126 Å². The van der Waals surface area contributed by atoms with E-state index < -0.39 is 0 Å². The van der Waals surface area contributed by atoms with Gasteiger partial charge in [-0.2, -0.15) is 4.57 Å². The zero-order valence-electron chi connectivity index (χ0n) is 13.1. The number of hydrogen-bond acceptors (Lipinski definition) is 2. The zero-order valence-corrected chi connectivity index (χ0v) is 13.1. The van der Waals surface area contributed by atoms with Gasteiger partial charge in [0.25, 0.3) is 11.5 Å². The van der Waals surface area contributed by atoms with Crippen LogP contribution >= 0.6 is 0 Å². The van der Waals surface area contributed by atoms with E-state index in [1.165, 1.54) is 17.2 Å². The van der Waals surface area contributed by atoms with Crippen molar-refractivity contribution in [1.29, 1.82) is 0 Å². The molecule has 1 atom stereocenters. The Kier molecular flexibility index (Phi) is 3.37. The summed E-state index contributed by atoms with van der Waals surface area (Å²) in [6.45, 7) is 2.20. The van der Waals surface area contributed by atoms with Gasteiger partial charge >= 0.3 is 0 Å². The minimum atomic E-state index is 0.330. The van der Waals surface area contributed by atoms with E-state index in [2.05, 4.69) is 95.9 Å². The molecule has 2 aromatic rings. The van der Waals surface area contributed by atoms with Gasteiger partial charge in [0.15, 0.2) is 18.1 Å². The van der Waals surface area contributed by atoms with Gasteiger partial charge < -0.3 is 4.90 Å². The van der Waals surface area contributed by atoms with Crippen molar-refractivity contribution >= 4 is 5.82 Å². The monoisotopic (exact) mass is 282 g/mol. The molecule has 3 rings (SSSR count). The SMILES string of the molecule is C[C@H]1N(C)C=CN1c1cccc(-c2cccc[n+]2C)[n+]1C. The number of aryl methyl sites for hydroxylation is 1. The summed E-state index contributed by atoms with van der Waals surface area (Å²) in [6.07, 6.45) is 6.65. The van der Waals surface area contributed by atoms with Crippen molar-refractivity contribution in [2.45, 2.75) is 13.1 Å². The van der Waals surface area contributed by atoms with E-state index in [4.69, 9.17) is 0 Å². The largest absolute Gasteiger partial charge is 0.339 e. The first-order chi connectivity index (χ1) is 10.1. The highest BCUT2D eigenvalue weighted by Gasteiger charge is 2.30. The maximum atomic E-state index is 2.28. The molecule has 0 unspecified atom stereocenters. The first-order valence-electron chi connectivity index (χ1n) is 7.22. The third-order valence-corrected chi connectivity index (χ3v) is 4.24. The number of nitrogens with zero attached hydrogens (tertiary/aromatic N) is 4. The Balaban J connectivity index is 2.08. The quantitative estimate of drug-likeness (QED) is 0.776. The Morgan fingerprint density at radius 1 is 0.952 bits per heavy atom. The molecule has 0 amide bonds. The van der Waals surface area contributed by atoms with Gasteiger partial charge in [-0.3, -0.25) is 0 Å². The fourth-order valence-corrected chi connectivity index (χ4v) is 2.77. The second-order valence-electron chi connectivity index (χ2n) is 5.53. The fraction of sp³-hybridized carbons (Fsp3) is 0.294. The minimum absolute atomic E-state index is 0.330. The summed E-state index contributed by atoms with van der Waals surface area (Å²) < 4.78 is 4.39. The molecule has 0 saturated carbocycles. The fourth-order valence-electron chi connectivity index (χ4n) is 2.77. The molecule has 21 heavy (non-hydrogen) atoms. The van der Waals surface area contributed by atoms with Crippen LogP contribution in [0.1, 0.15) is 6.92 Å². The van der Waals surface area contributed by atoms with E-state index in [0.29, 0.717) is 6.17 Å². The third kappa shape index (κ3) is 2.27. The van der Waals surface area contributed by atoms with Crippen LogP contribution in [-0.2, 0) is 14.1 Å². The lowest BCUT2D eigenvalue weighted by Crippen LogP contribution is -2.45. The summed E-state index contributed by atoms with van der Waals surface area (Å²) in [7, 11) is 6.30. The van der Waals surface area contributed by atoms with Gasteiger partial charge in [-0.1, -0.05) is 0 Å². The first-order valence-corrected chi connectivity index (χ1v) is 7.22. The number of hydrogen-bond donors (Lipinski definition) is 0. The van der Waals surface area contributed by atoms with Gasteiger partial charge in [0.1, 0.15) is 13.2 Å². The Morgan fingerprint density at radius 3 is 2.38 bits per heavy atom. The molecule has 0 fully saturated rings. The average molecular weight is 282 g/mol. The second-order valence-corrected chi connectivity index (χ2v) is 5.53. The average Bonchev–Trinajstić information content (AvgIpc) is 2.80. The van der Waals surface area contributed by atoms with Crippen LogP contribution in [-0.4, -0.2) is 18.1 Å². The van der Waals surface area contributed by atoms with Gasteiger partial charge in [-0.25, -0.2) is 9.47 Å². The molecule has 4 heteroatoms. The van der Waals surface area contributed by atoms with E-state index in [-0.39, 0.29) is 0 Å². The lowest BCUT2D eigenvalue weighted by molar-refractivity contribution is -0.684. The van der Waals surface area contributed by atoms with E-state index in [9.17, 15) is 0 Å². The van der Waals surface area contributed by atoms with Crippen LogP contribution in [0.4, 0.5) is 5.82 Å². The highest BCUT2D eigenvalue weighted by atomic mass is 15.4. The highest BCUT2D eigenvalue weighted by molar-refractivity contribution is 5.50. The van der Waals surface area contributed by atoms with Crippen molar-refractivity contribution in [2.75, 3.05) is 11.9 Å². The van der Waals surface area contributed by atoms with Crippen molar-refractivity contribution in [1.82, 2.24) is 4.90 Å². The molecule has 2 aromatic heterocycles. The zero-order chi connectivity index (χ0) is 15.0. The van der Waals surface area contributed by atoms with Crippen LogP contribution in [0.15, 0.2) is 55.0 Å². The molecule has 0 saturated heterocycles. The topological polar surface area (TPSA) is 14.2 Å². The molecule has 0 bridgehead atoms. The van der Waals surface area contributed by atoms with E-state index in [0.717, 1.165) is 0 Å². The van der Waals surface area contributed by atoms with E-state index in [1.807, 2.05) is 6.07 Å². The van der Waals surface area contributed by atoms with Gasteiger partial charge in [-0.05, 0) is 25.1 Å². The molecule has 3 heterocycles. The maximum Gasteiger partial charge on any atom is 0.283 e. The van der Waals surface area contributed by atoms with Gasteiger partial charge in [0.05, 0.1) is 7.05 Å². The van der Waals surface area contributed by atoms with Crippen molar-refractivity contribution in [3.05, 3.63) is 55.0 Å². The Morgan fingerprint density at radius 2 is 1.71 bits per heavy atom. The molecular weight excluding hydrogens is 260 g/mol. The maximum absolute atomic E-state index is 2.28. The van der Waals surface area contributed by atoms with Crippen LogP contribution < -0.4 is 14.0 Å². The van der Waals surface area contributed by atoms with Crippen LogP contribution in [0.2, 0.25) is 0 Å². The van der Waals surface area contributed by atoms with E-state index >= 15 is 0 Å². The number of rotatable bonds is 2. The summed E-state index contributed by atoms with van der Waals surface area (Å²) in [6, 6.07) is 12.7. The first kappa shape index (κ1) is 13.6. The van der Waals surface area contributed by atoms with Crippen LogP contribution in [0.5, 0.6) is 0 Å². The van der Waals surface area contributed by atoms with Crippen molar-refractivity contribution in [3.8, 4) is 11.4 Å². The molecule has 4 nitrogen and oxygen atoms in total. The molecule has 1 aliphatic rings. The summed E-state index contributed by atoms with van der Waals surface area (Å²) in [4.78, 5) is 4.49. The Hall–Kier alpha value is -2.36. The van der Waals surface area contributed by atoms with Crippen LogP contribution in [0, 0.1) is 0 Å². The van der Waals surface area contributed by atoms with Crippen LogP contribution in [0.3, 0.4) is 0 Å². The number of aromatic nitrogens is 2. The summed E-state index contributed by atoms with van der Waals surface area (Å²) in [5.41, 5.74) is 2.40. The lowest BCUT2D eigenvalue weighted by atomic mass is 10.2. The highest BCUT2D eigenvalue weighted by Crippen LogP contribution is 2.22. The normalized spacial score (nSPS) is 17.6. The van der Waals surface area contributed by atoms with Gasteiger partial charge in [-0.15, -0.1) is 0 Å². The summed E-state index contributed by atoms with van der Waals surface area (Å²) >= 11 is 0. The molecule has 1 aliphatic heterocycles. The smallest absolute Gasteiger partial charge is 0.283 e. The summed E-state index contributed by atoms with van der Waals surface area (Å²) in [5, 5.41) is 0. The number of anilines is 1. The third-order valence-electron chi connectivity index (χ3n) is 4.24. The molecule has 0 aliphatic carbocycles. The Bertz CT molecular complexity index is 693. The standard InChI is InChI=1S/C17H22N4/c1-14-18(2)12-13-21(14)17-10-7-9-16(20(17)4)15-8-5-6-11-19(15)3/h5-14H,1-4H3/q+2/t14-/m0/s1. The van der Waals surface area contributed by atoms with Crippen molar-refractivity contribution in [2.24, 2.45) is 14.1 Å². The molecule has 0 spiro atoms. The summed E-state index contributed by atoms with van der Waals surface area (Å²) in [5.74, 6) is 1.18. The predicted octanol–water partition coefficient (Wildman–Crippen LogP) is 1.57. The lowest BCUT2D eigenvalue weighted by Gasteiger charge is -2.21. The van der Waals surface area contributed by atoms with Crippen molar-refractivity contribution in [3.63, 3.8) is 0 Å². The number of pyridine rings is 2. The van der Waals surface area contributed by atoms with Gasteiger partial charge in [0, 0.05) is 31.4 Å². The predicted molar refractivity (Wildman–Crippen MR) is 83.1 cm³/mol. The molecule has 0 radical (unpaired) electrons. The molecule has 108 valence electrons. The van der Waals surface area contributed by atoms with Gasteiger partial charge in [0.2, 0.25) is 0 Å². The molecular formula is C17H22N4+2. The van der Waals surface area contributed by atoms with Crippen LogP contribution in [0.25, 0.3) is 11.4 Å².